The zero-order valence-corrected chi connectivity index (χ0v) is 12.7. The van der Waals surface area contributed by atoms with Crippen molar-refractivity contribution in [2.24, 2.45) is 0 Å². The van der Waals surface area contributed by atoms with Gasteiger partial charge >= 0.3 is 0 Å². The summed E-state index contributed by atoms with van der Waals surface area (Å²) in [5.74, 6) is 0.898. The van der Waals surface area contributed by atoms with E-state index in [0.29, 0.717) is 6.61 Å². The molecule has 3 nitrogen and oxygen atoms in total. The molecule has 0 saturated carbocycles. The monoisotopic (exact) mass is 326 g/mol. The summed E-state index contributed by atoms with van der Waals surface area (Å²) >= 11 is 4.91. The van der Waals surface area contributed by atoms with E-state index in [2.05, 4.69) is 40.1 Å². The van der Waals surface area contributed by atoms with Crippen LogP contribution in [0.1, 0.15) is 12.5 Å². The largest absolute Gasteiger partial charge is 0.491 e. The summed E-state index contributed by atoms with van der Waals surface area (Å²) < 4.78 is 6.57. The highest BCUT2D eigenvalue weighted by atomic mass is 79.9. The van der Waals surface area contributed by atoms with Crippen molar-refractivity contribution in [3.8, 4) is 5.75 Å². The van der Waals surface area contributed by atoms with Gasteiger partial charge in [-0.15, -0.1) is 11.3 Å². The predicted octanol–water partition coefficient (Wildman–Crippen LogP) is 4.09. The molecule has 1 atom stereocenters. The van der Waals surface area contributed by atoms with Crippen LogP contribution in [0.15, 0.2) is 34.2 Å². The summed E-state index contributed by atoms with van der Waals surface area (Å²) in [4.78, 5) is 4.29. The fourth-order valence-electron chi connectivity index (χ4n) is 1.43. The van der Waals surface area contributed by atoms with Crippen LogP contribution < -0.4 is 10.1 Å². The third-order valence-corrected chi connectivity index (χ3v) is 3.85. The van der Waals surface area contributed by atoms with Gasteiger partial charge in [0.05, 0.1) is 6.04 Å². The first-order valence-corrected chi connectivity index (χ1v) is 7.38. The van der Waals surface area contributed by atoms with Gasteiger partial charge in [-0.2, -0.15) is 0 Å². The first-order valence-electron chi connectivity index (χ1n) is 5.70. The molecule has 1 N–H and O–H groups in total. The highest BCUT2D eigenvalue weighted by molar-refractivity contribution is 9.10. The number of halogens is 1. The minimum Gasteiger partial charge on any atom is -0.491 e. The van der Waals surface area contributed by atoms with Crippen molar-refractivity contribution in [1.82, 2.24) is 4.98 Å². The molecule has 5 heteroatoms. The predicted molar refractivity (Wildman–Crippen MR) is 79.6 cm³/mol. The first kappa shape index (κ1) is 13.4. The van der Waals surface area contributed by atoms with E-state index in [0.717, 1.165) is 15.5 Å². The second kappa shape index (κ2) is 6.20. The molecule has 1 heterocycles. The second-order valence-electron chi connectivity index (χ2n) is 4.14. The molecule has 0 saturated heterocycles. The van der Waals surface area contributed by atoms with Gasteiger partial charge < -0.3 is 10.1 Å². The standard InChI is InChI=1S/C13H15BrN2OS/c1-9-3-5-11(6-4-9)17-7-10(2)15-13-16-12(14)8-18-13/h3-6,8,10H,7H2,1-2H3,(H,15,16). The molecule has 0 aliphatic carbocycles. The minimum absolute atomic E-state index is 0.212. The summed E-state index contributed by atoms with van der Waals surface area (Å²) in [6.07, 6.45) is 0. The Hall–Kier alpha value is -1.07. The van der Waals surface area contributed by atoms with Crippen LogP contribution in [0.2, 0.25) is 0 Å². The lowest BCUT2D eigenvalue weighted by Crippen LogP contribution is -2.23. The van der Waals surface area contributed by atoms with Crippen molar-refractivity contribution in [2.75, 3.05) is 11.9 Å². The number of thiazole rings is 1. The van der Waals surface area contributed by atoms with E-state index in [9.17, 15) is 0 Å². The Bertz CT molecular complexity index is 498. The van der Waals surface area contributed by atoms with E-state index in [-0.39, 0.29) is 6.04 Å². The van der Waals surface area contributed by atoms with Crippen LogP contribution in [-0.4, -0.2) is 17.6 Å². The van der Waals surface area contributed by atoms with E-state index in [1.807, 2.05) is 29.6 Å². The summed E-state index contributed by atoms with van der Waals surface area (Å²) in [5, 5.41) is 6.16. The fourth-order valence-corrected chi connectivity index (χ4v) is 2.69. The summed E-state index contributed by atoms with van der Waals surface area (Å²) in [6, 6.07) is 8.28. The van der Waals surface area contributed by atoms with Crippen molar-refractivity contribution in [3.63, 3.8) is 0 Å². The summed E-state index contributed by atoms with van der Waals surface area (Å²) in [5.41, 5.74) is 1.24. The number of aryl methyl sites for hydroxylation is 1. The lowest BCUT2D eigenvalue weighted by Gasteiger charge is -2.14. The molecule has 0 bridgehead atoms. The Balaban J connectivity index is 1.81. The van der Waals surface area contributed by atoms with Gasteiger partial charge in [-0.1, -0.05) is 17.7 Å². The SMILES string of the molecule is Cc1ccc(OCC(C)Nc2nc(Br)cs2)cc1. The molecule has 1 aromatic heterocycles. The van der Waals surface area contributed by atoms with Crippen LogP contribution in [0.4, 0.5) is 5.13 Å². The van der Waals surface area contributed by atoms with Gasteiger partial charge in [0.15, 0.2) is 5.13 Å². The number of hydrogen-bond acceptors (Lipinski definition) is 4. The molecule has 18 heavy (non-hydrogen) atoms. The topological polar surface area (TPSA) is 34.1 Å². The summed E-state index contributed by atoms with van der Waals surface area (Å²) in [6.45, 7) is 4.75. The van der Waals surface area contributed by atoms with Crippen LogP contribution in [0.3, 0.4) is 0 Å². The minimum atomic E-state index is 0.212. The lowest BCUT2D eigenvalue weighted by atomic mass is 10.2. The van der Waals surface area contributed by atoms with Gasteiger partial charge in [0.2, 0.25) is 0 Å². The average molecular weight is 327 g/mol. The molecule has 2 rings (SSSR count). The molecule has 0 fully saturated rings. The van der Waals surface area contributed by atoms with Crippen molar-refractivity contribution >= 4 is 32.4 Å². The van der Waals surface area contributed by atoms with E-state index >= 15 is 0 Å². The molecule has 0 spiro atoms. The lowest BCUT2D eigenvalue weighted by molar-refractivity contribution is 0.304. The van der Waals surface area contributed by atoms with Gasteiger partial charge in [-0.3, -0.25) is 0 Å². The Labute approximate surface area is 119 Å². The van der Waals surface area contributed by atoms with Crippen LogP contribution >= 0.6 is 27.3 Å². The third-order valence-electron chi connectivity index (χ3n) is 2.37. The highest BCUT2D eigenvalue weighted by Crippen LogP contribution is 2.20. The van der Waals surface area contributed by atoms with E-state index in [4.69, 9.17) is 4.74 Å². The molecule has 0 amide bonds. The Morgan fingerprint density at radius 2 is 2.11 bits per heavy atom. The van der Waals surface area contributed by atoms with Crippen LogP contribution in [-0.2, 0) is 0 Å². The van der Waals surface area contributed by atoms with Crippen LogP contribution in [0.5, 0.6) is 5.75 Å². The van der Waals surface area contributed by atoms with Gasteiger partial charge in [0.1, 0.15) is 17.0 Å². The smallest absolute Gasteiger partial charge is 0.184 e. The van der Waals surface area contributed by atoms with Crippen molar-refractivity contribution in [2.45, 2.75) is 19.9 Å². The normalized spacial score (nSPS) is 12.2. The number of aromatic nitrogens is 1. The molecular formula is C13H15BrN2OS. The van der Waals surface area contributed by atoms with Gasteiger partial charge in [-0.05, 0) is 41.9 Å². The fraction of sp³-hybridized carbons (Fsp3) is 0.308. The number of anilines is 1. The van der Waals surface area contributed by atoms with E-state index in [1.165, 1.54) is 5.56 Å². The molecule has 0 aliphatic heterocycles. The van der Waals surface area contributed by atoms with Gasteiger partial charge in [-0.25, -0.2) is 4.98 Å². The van der Waals surface area contributed by atoms with E-state index in [1.54, 1.807) is 11.3 Å². The molecule has 2 aromatic rings. The molecule has 0 radical (unpaired) electrons. The Kier molecular flexibility index (Phi) is 4.60. The maximum atomic E-state index is 5.70. The van der Waals surface area contributed by atoms with Crippen molar-refractivity contribution in [1.29, 1.82) is 0 Å². The number of rotatable bonds is 5. The Morgan fingerprint density at radius 1 is 1.39 bits per heavy atom. The zero-order valence-electron chi connectivity index (χ0n) is 10.3. The van der Waals surface area contributed by atoms with Crippen molar-refractivity contribution in [3.05, 3.63) is 39.8 Å². The van der Waals surface area contributed by atoms with Crippen LogP contribution in [0, 0.1) is 6.92 Å². The summed E-state index contributed by atoms with van der Waals surface area (Å²) in [7, 11) is 0. The number of nitrogens with one attached hydrogen (secondary N) is 1. The number of hydrogen-bond donors (Lipinski definition) is 1. The first-order chi connectivity index (χ1) is 8.63. The highest BCUT2D eigenvalue weighted by Gasteiger charge is 2.06. The second-order valence-corrected chi connectivity index (χ2v) is 5.82. The van der Waals surface area contributed by atoms with Gasteiger partial charge in [0, 0.05) is 5.38 Å². The maximum absolute atomic E-state index is 5.70. The Morgan fingerprint density at radius 3 is 2.72 bits per heavy atom. The maximum Gasteiger partial charge on any atom is 0.184 e. The third kappa shape index (κ3) is 3.99. The number of ether oxygens (including phenoxy) is 1. The molecule has 0 aliphatic rings. The van der Waals surface area contributed by atoms with Crippen LogP contribution in [0.25, 0.3) is 0 Å². The van der Waals surface area contributed by atoms with E-state index < -0.39 is 0 Å². The molecule has 1 aromatic carbocycles. The molecule has 1 unspecified atom stereocenters. The zero-order chi connectivity index (χ0) is 13.0. The van der Waals surface area contributed by atoms with Gasteiger partial charge in [0.25, 0.3) is 0 Å². The average Bonchev–Trinajstić information content (AvgIpc) is 2.74. The molecule has 96 valence electrons. The quantitative estimate of drug-likeness (QED) is 0.898. The van der Waals surface area contributed by atoms with Crippen molar-refractivity contribution < 1.29 is 4.74 Å². The number of benzene rings is 1. The number of nitrogens with zero attached hydrogens (tertiary/aromatic N) is 1. The molecular weight excluding hydrogens is 312 g/mol.